The van der Waals surface area contributed by atoms with Crippen LogP contribution in [0.1, 0.15) is 0 Å². The van der Waals surface area contributed by atoms with Crippen LogP contribution in [0.4, 0.5) is 37.5 Å². The van der Waals surface area contributed by atoms with Crippen molar-refractivity contribution >= 4 is 28.7 Å². The predicted molar refractivity (Wildman–Crippen MR) is 91.9 cm³/mol. The van der Waals surface area contributed by atoms with Gasteiger partial charge in [-0.05, 0) is 24.3 Å². The molecule has 132 valence electrons. The molecule has 0 radical (unpaired) electrons. The van der Waals surface area contributed by atoms with Gasteiger partial charge in [0.05, 0.1) is 0 Å². The number of nitrogens with zero attached hydrogens (tertiary/aromatic N) is 2. The maximum Gasteiger partial charge on any atom is 0.231 e. The molecule has 9 heteroatoms. The number of nitrogens with one attached hydrogen (secondary N) is 2. The lowest BCUT2D eigenvalue weighted by Crippen LogP contribution is -2.05. The Morgan fingerprint density at radius 1 is 0.846 bits per heavy atom. The smallest absolute Gasteiger partial charge is 0.231 e. The van der Waals surface area contributed by atoms with E-state index in [0.29, 0.717) is 28.7 Å². The third-order valence-corrected chi connectivity index (χ3v) is 3.70. The van der Waals surface area contributed by atoms with E-state index in [1.807, 2.05) is 0 Å². The summed E-state index contributed by atoms with van der Waals surface area (Å²) in [4.78, 5) is 8.15. The van der Waals surface area contributed by atoms with Crippen molar-refractivity contribution in [1.29, 1.82) is 0 Å². The molecular weight excluding hydrogens is 344 g/mol. The maximum atomic E-state index is 13.3. The first kappa shape index (κ1) is 15.9. The Balaban J connectivity index is 1.58. The molecule has 26 heavy (non-hydrogen) atoms. The Morgan fingerprint density at radius 3 is 2.23 bits per heavy atom. The Labute approximate surface area is 146 Å². The molecule has 2 heterocycles. The van der Waals surface area contributed by atoms with Crippen molar-refractivity contribution in [3.8, 4) is 11.5 Å². The van der Waals surface area contributed by atoms with Crippen LogP contribution in [0.15, 0.2) is 42.7 Å². The van der Waals surface area contributed by atoms with Gasteiger partial charge in [0.2, 0.25) is 6.79 Å². The summed E-state index contributed by atoms with van der Waals surface area (Å²) in [5.41, 5.74) is 7.31. The number of benzene rings is 2. The number of aromatic nitrogens is 2. The number of ether oxygens (including phenoxy) is 2. The van der Waals surface area contributed by atoms with Crippen molar-refractivity contribution in [2.24, 2.45) is 0 Å². The third-order valence-electron chi connectivity index (χ3n) is 3.70. The van der Waals surface area contributed by atoms with Crippen molar-refractivity contribution in [3.05, 3.63) is 54.4 Å². The second-order valence-electron chi connectivity index (χ2n) is 5.43. The van der Waals surface area contributed by atoms with Gasteiger partial charge in [-0.2, -0.15) is 0 Å². The van der Waals surface area contributed by atoms with E-state index in [1.54, 1.807) is 18.2 Å². The lowest BCUT2D eigenvalue weighted by molar-refractivity contribution is 0.174. The maximum absolute atomic E-state index is 13.3. The molecule has 4 rings (SSSR count). The highest BCUT2D eigenvalue weighted by atomic mass is 19.2. The predicted octanol–water partition coefficient (Wildman–Crippen LogP) is 3.55. The summed E-state index contributed by atoms with van der Waals surface area (Å²) in [6.45, 7) is 0.177. The van der Waals surface area contributed by atoms with Gasteiger partial charge in [0.15, 0.2) is 34.8 Å². The van der Waals surface area contributed by atoms with Crippen molar-refractivity contribution in [3.63, 3.8) is 0 Å². The zero-order valence-electron chi connectivity index (χ0n) is 13.3. The topological polar surface area (TPSA) is 94.3 Å². The largest absolute Gasteiger partial charge is 0.454 e. The number of halogens is 2. The summed E-state index contributed by atoms with van der Waals surface area (Å²) in [7, 11) is 0. The first-order chi connectivity index (χ1) is 12.6. The minimum absolute atomic E-state index is 0.177. The van der Waals surface area contributed by atoms with E-state index in [1.165, 1.54) is 12.4 Å². The standard InChI is InChI=1S/C17H13F2N5O2/c18-11-3-1-9(5-12(11)19)23-16-15(20)17(22-7-21-16)24-10-2-4-13-14(6-10)26-8-25-13/h1-7H,8,20H2,(H2,21,22,23,24). The average molecular weight is 357 g/mol. The number of anilines is 5. The monoisotopic (exact) mass is 357 g/mol. The molecular formula is C17H13F2N5O2. The quantitative estimate of drug-likeness (QED) is 0.657. The van der Waals surface area contributed by atoms with Crippen molar-refractivity contribution in [1.82, 2.24) is 9.97 Å². The fraction of sp³-hybridized carbons (Fsp3) is 0.0588. The van der Waals surface area contributed by atoms with E-state index in [4.69, 9.17) is 15.2 Å². The van der Waals surface area contributed by atoms with Crippen LogP contribution in [0.5, 0.6) is 11.5 Å². The van der Waals surface area contributed by atoms with E-state index in [2.05, 4.69) is 20.6 Å². The van der Waals surface area contributed by atoms with Crippen LogP contribution < -0.4 is 25.8 Å². The molecule has 1 aliphatic rings. The molecule has 2 aromatic carbocycles. The molecule has 0 fully saturated rings. The summed E-state index contributed by atoms with van der Waals surface area (Å²) >= 11 is 0. The van der Waals surface area contributed by atoms with Gasteiger partial charge in [-0.3, -0.25) is 0 Å². The molecule has 0 saturated carbocycles. The molecule has 1 aliphatic heterocycles. The third kappa shape index (κ3) is 3.02. The van der Waals surface area contributed by atoms with E-state index >= 15 is 0 Å². The van der Waals surface area contributed by atoms with Crippen LogP contribution in [-0.2, 0) is 0 Å². The van der Waals surface area contributed by atoms with Crippen LogP contribution in [0.3, 0.4) is 0 Å². The van der Waals surface area contributed by atoms with Crippen molar-refractivity contribution < 1.29 is 18.3 Å². The highest BCUT2D eigenvalue weighted by Crippen LogP contribution is 2.36. The number of fused-ring (bicyclic) bond motifs is 1. The van der Waals surface area contributed by atoms with Gasteiger partial charge in [-0.1, -0.05) is 0 Å². The first-order valence-electron chi connectivity index (χ1n) is 7.59. The average Bonchev–Trinajstić information content (AvgIpc) is 3.09. The molecule has 0 atom stereocenters. The van der Waals surface area contributed by atoms with Crippen LogP contribution in [0.25, 0.3) is 0 Å². The zero-order valence-corrected chi connectivity index (χ0v) is 13.3. The van der Waals surface area contributed by atoms with Crippen LogP contribution in [-0.4, -0.2) is 16.8 Å². The molecule has 4 N–H and O–H groups in total. The minimum atomic E-state index is -0.971. The Bertz CT molecular complexity index is 983. The molecule has 0 unspecified atom stereocenters. The Hall–Kier alpha value is -3.62. The first-order valence-corrected chi connectivity index (χ1v) is 7.59. The molecule has 1 aromatic heterocycles. The molecule has 0 bridgehead atoms. The minimum Gasteiger partial charge on any atom is -0.454 e. The number of rotatable bonds is 4. The summed E-state index contributed by atoms with van der Waals surface area (Å²) in [5, 5.41) is 5.90. The normalized spacial score (nSPS) is 12.1. The fourth-order valence-electron chi connectivity index (χ4n) is 2.42. The molecule has 0 saturated heterocycles. The highest BCUT2D eigenvalue weighted by molar-refractivity contribution is 5.80. The fourth-order valence-corrected chi connectivity index (χ4v) is 2.42. The van der Waals surface area contributed by atoms with Gasteiger partial charge in [0.25, 0.3) is 0 Å². The molecule has 0 spiro atoms. The number of nitrogen functional groups attached to an aromatic ring is 1. The van der Waals surface area contributed by atoms with E-state index in [-0.39, 0.29) is 18.3 Å². The highest BCUT2D eigenvalue weighted by Gasteiger charge is 2.15. The van der Waals surface area contributed by atoms with E-state index in [0.717, 1.165) is 12.1 Å². The molecule has 3 aromatic rings. The lowest BCUT2D eigenvalue weighted by atomic mass is 10.2. The van der Waals surface area contributed by atoms with Gasteiger partial charge in [-0.15, -0.1) is 0 Å². The molecule has 0 amide bonds. The summed E-state index contributed by atoms with van der Waals surface area (Å²) in [6, 6.07) is 8.72. The molecule has 7 nitrogen and oxygen atoms in total. The van der Waals surface area contributed by atoms with Gasteiger partial charge in [0, 0.05) is 23.5 Å². The van der Waals surface area contributed by atoms with Crippen molar-refractivity contribution in [2.75, 3.05) is 23.2 Å². The van der Waals surface area contributed by atoms with Gasteiger partial charge in [0.1, 0.15) is 12.0 Å². The second kappa shape index (κ2) is 6.36. The van der Waals surface area contributed by atoms with Crippen LogP contribution in [0.2, 0.25) is 0 Å². The summed E-state index contributed by atoms with van der Waals surface area (Å²) in [5.74, 6) is -0.0226. The number of nitrogens with two attached hydrogens (primary N) is 1. The van der Waals surface area contributed by atoms with E-state index in [9.17, 15) is 8.78 Å². The summed E-state index contributed by atoms with van der Waals surface area (Å²) in [6.07, 6.45) is 1.30. The SMILES string of the molecule is Nc1c(Nc2ccc(F)c(F)c2)ncnc1Nc1ccc2c(c1)OCO2. The number of hydrogen-bond acceptors (Lipinski definition) is 7. The Morgan fingerprint density at radius 2 is 1.50 bits per heavy atom. The zero-order chi connectivity index (χ0) is 18.1. The lowest BCUT2D eigenvalue weighted by Gasteiger charge is -2.13. The molecule has 0 aliphatic carbocycles. The van der Waals surface area contributed by atoms with Gasteiger partial charge < -0.3 is 25.8 Å². The van der Waals surface area contributed by atoms with Gasteiger partial charge in [-0.25, -0.2) is 18.7 Å². The van der Waals surface area contributed by atoms with E-state index < -0.39 is 11.6 Å². The van der Waals surface area contributed by atoms with Crippen LogP contribution in [0, 0.1) is 11.6 Å². The van der Waals surface area contributed by atoms with Crippen LogP contribution >= 0.6 is 0 Å². The Kier molecular flexibility index (Phi) is 3.88. The summed E-state index contributed by atoms with van der Waals surface area (Å²) < 4.78 is 37.0. The van der Waals surface area contributed by atoms with Gasteiger partial charge >= 0.3 is 0 Å². The number of hydrogen-bond donors (Lipinski definition) is 3. The second-order valence-corrected chi connectivity index (χ2v) is 5.43. The van der Waals surface area contributed by atoms with Crippen molar-refractivity contribution in [2.45, 2.75) is 0 Å².